The highest BCUT2D eigenvalue weighted by Crippen LogP contribution is 2.29. The molecule has 0 unspecified atom stereocenters. The van der Waals surface area contributed by atoms with Crippen LogP contribution in [-0.2, 0) is 6.42 Å². The van der Waals surface area contributed by atoms with E-state index < -0.39 is 5.79 Å². The second-order valence-electron chi connectivity index (χ2n) is 6.54. The van der Waals surface area contributed by atoms with Crippen molar-refractivity contribution >= 4 is 22.3 Å². The lowest BCUT2D eigenvalue weighted by atomic mass is 9.90. The maximum atomic E-state index is 5.06. The Morgan fingerprint density at radius 2 is 1.77 bits per heavy atom. The third kappa shape index (κ3) is 2.75. The number of anilines is 1. The lowest BCUT2D eigenvalue weighted by Gasteiger charge is -2.35. The van der Waals surface area contributed by atoms with E-state index in [0.717, 1.165) is 39.8 Å². The molecular weight excluding hydrogens is 322 g/mol. The van der Waals surface area contributed by atoms with E-state index in [1.54, 1.807) is 0 Å². The highest BCUT2D eigenvalue weighted by Gasteiger charge is 2.33. The molecule has 0 atom stereocenters. The molecule has 0 saturated heterocycles. The number of aliphatic imine (C=N–C) groups is 1. The fraction of sp³-hybridized carbons (Fsp3) is 0.238. The zero-order chi connectivity index (χ0) is 18.1. The van der Waals surface area contributed by atoms with Gasteiger partial charge in [-0.3, -0.25) is 15.6 Å². The van der Waals surface area contributed by atoms with Crippen LogP contribution in [0.1, 0.15) is 16.7 Å². The Bertz CT molecular complexity index is 989. The minimum absolute atomic E-state index is 0.527. The maximum Gasteiger partial charge on any atom is 0.168 e. The van der Waals surface area contributed by atoms with Gasteiger partial charge >= 0.3 is 0 Å². The zero-order valence-corrected chi connectivity index (χ0v) is 15.3. The number of hydrogen-bond acceptors (Lipinski definition) is 5. The number of rotatable bonds is 4. The van der Waals surface area contributed by atoms with Crippen LogP contribution in [0.15, 0.2) is 59.7 Å². The normalized spacial score (nSPS) is 15.4. The number of para-hydroxylation sites is 1. The predicted octanol–water partition coefficient (Wildman–Crippen LogP) is 2.76. The van der Waals surface area contributed by atoms with E-state index >= 15 is 0 Å². The SMILES string of the molecule is CNc1ccc2c(c1)CC(NC)(NC)N=C2c1cnc2ccccc2c1. The van der Waals surface area contributed by atoms with Crippen LogP contribution in [0.2, 0.25) is 0 Å². The highest BCUT2D eigenvalue weighted by atomic mass is 15.3. The van der Waals surface area contributed by atoms with Gasteiger partial charge in [-0.1, -0.05) is 24.3 Å². The molecule has 1 aromatic heterocycles. The molecule has 0 fully saturated rings. The molecule has 2 heterocycles. The van der Waals surface area contributed by atoms with Crippen molar-refractivity contribution in [2.24, 2.45) is 4.99 Å². The molecule has 26 heavy (non-hydrogen) atoms. The Morgan fingerprint density at radius 1 is 0.962 bits per heavy atom. The first-order valence-electron chi connectivity index (χ1n) is 8.82. The van der Waals surface area contributed by atoms with E-state index in [1.807, 2.05) is 45.5 Å². The summed E-state index contributed by atoms with van der Waals surface area (Å²) in [6.07, 6.45) is 2.69. The topological polar surface area (TPSA) is 61.3 Å². The van der Waals surface area contributed by atoms with Gasteiger partial charge in [0.05, 0.1) is 11.2 Å². The first kappa shape index (κ1) is 16.7. The Kier molecular flexibility index (Phi) is 4.18. The van der Waals surface area contributed by atoms with E-state index in [2.05, 4.69) is 51.3 Å². The van der Waals surface area contributed by atoms with Crippen molar-refractivity contribution in [1.82, 2.24) is 15.6 Å². The van der Waals surface area contributed by atoms with Crippen molar-refractivity contribution < 1.29 is 0 Å². The van der Waals surface area contributed by atoms with Gasteiger partial charge < -0.3 is 5.32 Å². The van der Waals surface area contributed by atoms with Crippen LogP contribution in [-0.4, -0.2) is 37.6 Å². The fourth-order valence-corrected chi connectivity index (χ4v) is 3.53. The van der Waals surface area contributed by atoms with Crippen LogP contribution in [0, 0.1) is 0 Å². The summed E-state index contributed by atoms with van der Waals surface area (Å²) in [5, 5.41) is 11.0. The van der Waals surface area contributed by atoms with Gasteiger partial charge in [0.15, 0.2) is 5.79 Å². The van der Waals surface area contributed by atoms with Crippen molar-refractivity contribution in [3.8, 4) is 0 Å². The van der Waals surface area contributed by atoms with Gasteiger partial charge in [0.1, 0.15) is 0 Å². The quantitative estimate of drug-likeness (QED) is 0.637. The lowest BCUT2D eigenvalue weighted by molar-refractivity contribution is 0.304. The van der Waals surface area contributed by atoms with Crippen LogP contribution in [0.4, 0.5) is 5.69 Å². The zero-order valence-electron chi connectivity index (χ0n) is 15.3. The predicted molar refractivity (Wildman–Crippen MR) is 108 cm³/mol. The molecular formula is C21H23N5. The maximum absolute atomic E-state index is 5.06. The first-order valence-corrected chi connectivity index (χ1v) is 8.82. The summed E-state index contributed by atoms with van der Waals surface area (Å²) >= 11 is 0. The van der Waals surface area contributed by atoms with E-state index in [1.165, 1.54) is 5.56 Å². The van der Waals surface area contributed by atoms with Crippen molar-refractivity contribution in [2.75, 3.05) is 26.5 Å². The lowest BCUT2D eigenvalue weighted by Crippen LogP contribution is -2.56. The molecule has 1 aliphatic heterocycles. The van der Waals surface area contributed by atoms with Crippen LogP contribution < -0.4 is 16.0 Å². The molecule has 0 aliphatic carbocycles. The van der Waals surface area contributed by atoms with Crippen molar-refractivity contribution in [2.45, 2.75) is 12.2 Å². The average Bonchev–Trinajstić information content (AvgIpc) is 2.72. The number of aromatic nitrogens is 1. The summed E-state index contributed by atoms with van der Waals surface area (Å²) in [4.78, 5) is 9.69. The van der Waals surface area contributed by atoms with Crippen LogP contribution in [0.25, 0.3) is 10.9 Å². The van der Waals surface area contributed by atoms with Crippen molar-refractivity contribution in [3.63, 3.8) is 0 Å². The summed E-state index contributed by atoms with van der Waals surface area (Å²) < 4.78 is 0. The summed E-state index contributed by atoms with van der Waals surface area (Å²) in [6, 6.07) is 16.8. The summed E-state index contributed by atoms with van der Waals surface area (Å²) in [5.74, 6) is -0.527. The van der Waals surface area contributed by atoms with E-state index in [4.69, 9.17) is 4.99 Å². The van der Waals surface area contributed by atoms with Gasteiger partial charge in [-0.15, -0.1) is 0 Å². The molecule has 0 saturated carbocycles. The van der Waals surface area contributed by atoms with Gasteiger partial charge in [0.25, 0.3) is 0 Å². The Balaban J connectivity index is 1.92. The molecule has 2 aromatic carbocycles. The van der Waals surface area contributed by atoms with E-state index in [-0.39, 0.29) is 0 Å². The van der Waals surface area contributed by atoms with Gasteiger partial charge in [0.2, 0.25) is 0 Å². The molecule has 3 aromatic rings. The van der Waals surface area contributed by atoms with Crippen LogP contribution >= 0.6 is 0 Å². The number of hydrogen-bond donors (Lipinski definition) is 3. The van der Waals surface area contributed by atoms with Crippen LogP contribution in [0.5, 0.6) is 0 Å². The molecule has 4 rings (SSSR count). The molecule has 0 spiro atoms. The summed E-state index contributed by atoms with van der Waals surface area (Å²) in [5.41, 5.74) is 6.48. The highest BCUT2D eigenvalue weighted by molar-refractivity contribution is 6.15. The van der Waals surface area contributed by atoms with E-state index in [9.17, 15) is 0 Å². The average molecular weight is 345 g/mol. The molecule has 0 amide bonds. The number of pyridine rings is 1. The number of fused-ring (bicyclic) bond motifs is 2. The largest absolute Gasteiger partial charge is 0.388 e. The standard InChI is InChI=1S/C21H23N5/c1-22-17-8-9-18-15(11-17)12-21(23-2,24-3)26-20(18)16-10-14-6-4-5-7-19(14)25-13-16/h4-11,13,22-24H,12H2,1-3H3. The molecule has 5 heteroatoms. The molecule has 1 aliphatic rings. The van der Waals surface area contributed by atoms with Gasteiger partial charge in [-0.05, 0) is 43.9 Å². The smallest absolute Gasteiger partial charge is 0.168 e. The van der Waals surface area contributed by atoms with Gasteiger partial charge in [-0.25, -0.2) is 4.99 Å². The van der Waals surface area contributed by atoms with Gasteiger partial charge in [-0.2, -0.15) is 0 Å². The molecule has 0 bridgehead atoms. The monoisotopic (exact) mass is 345 g/mol. The first-order chi connectivity index (χ1) is 12.7. The molecule has 5 nitrogen and oxygen atoms in total. The van der Waals surface area contributed by atoms with Crippen molar-refractivity contribution in [3.05, 3.63) is 71.4 Å². The molecule has 3 N–H and O–H groups in total. The van der Waals surface area contributed by atoms with Gasteiger partial charge in [0, 0.05) is 41.9 Å². The van der Waals surface area contributed by atoms with Crippen molar-refractivity contribution in [1.29, 1.82) is 0 Å². The Hall–Kier alpha value is -2.76. The second kappa shape index (κ2) is 6.52. The Labute approximate surface area is 153 Å². The fourth-order valence-electron chi connectivity index (χ4n) is 3.53. The summed E-state index contributed by atoms with van der Waals surface area (Å²) in [6.45, 7) is 0. The number of nitrogens with zero attached hydrogens (tertiary/aromatic N) is 2. The second-order valence-corrected chi connectivity index (χ2v) is 6.54. The third-order valence-corrected chi connectivity index (χ3v) is 5.09. The molecule has 0 radical (unpaired) electrons. The minimum Gasteiger partial charge on any atom is -0.388 e. The third-order valence-electron chi connectivity index (χ3n) is 5.09. The minimum atomic E-state index is -0.527. The number of nitrogens with one attached hydrogen (secondary N) is 3. The number of benzene rings is 2. The van der Waals surface area contributed by atoms with E-state index in [0.29, 0.717) is 0 Å². The Morgan fingerprint density at radius 3 is 2.54 bits per heavy atom. The number of likely N-dealkylation sites (N-methyl/N-ethyl adjacent to an activating group) is 2. The molecule has 132 valence electrons. The summed E-state index contributed by atoms with van der Waals surface area (Å²) in [7, 11) is 5.81. The van der Waals surface area contributed by atoms with Crippen LogP contribution in [0.3, 0.4) is 0 Å².